The van der Waals surface area contributed by atoms with Gasteiger partial charge in [-0.2, -0.15) is 0 Å². The quantitative estimate of drug-likeness (QED) is 0.588. The van der Waals surface area contributed by atoms with Crippen LogP contribution in [0.1, 0.15) is 43.0 Å². The fraction of sp³-hybridized carbons (Fsp3) is 0.529. The highest BCUT2D eigenvalue weighted by molar-refractivity contribution is 8.00. The average molecular weight is 339 g/mol. The van der Waals surface area contributed by atoms with E-state index in [-0.39, 0.29) is 16.8 Å². The second kappa shape index (κ2) is 8.34. The fourth-order valence-electron chi connectivity index (χ4n) is 2.72. The van der Waals surface area contributed by atoms with Crippen molar-refractivity contribution in [2.45, 2.75) is 44.0 Å². The smallest absolute Gasteiger partial charge is 0.329 e. The number of halogens is 1. The van der Waals surface area contributed by atoms with Gasteiger partial charge in [-0.15, -0.1) is 11.8 Å². The molecule has 1 heterocycles. The molecule has 0 aromatic heterocycles. The Morgan fingerprint density at radius 1 is 1.39 bits per heavy atom. The predicted molar refractivity (Wildman–Crippen MR) is 88.8 cm³/mol. The van der Waals surface area contributed by atoms with Crippen LogP contribution in [0.3, 0.4) is 0 Å². The Labute approximate surface area is 140 Å². The minimum absolute atomic E-state index is 0.0681. The third kappa shape index (κ3) is 4.25. The van der Waals surface area contributed by atoms with E-state index in [2.05, 4.69) is 6.92 Å². The fourth-order valence-corrected chi connectivity index (χ4v) is 4.15. The number of rotatable bonds is 6. The van der Waals surface area contributed by atoms with E-state index in [1.165, 1.54) is 25.3 Å². The monoisotopic (exact) mass is 339 g/mol. The van der Waals surface area contributed by atoms with E-state index in [1.807, 2.05) is 0 Å². The largest absolute Gasteiger partial charge is 0.467 e. The number of unbranched alkanes of at least 4 members (excludes halogenated alkanes) is 2. The van der Waals surface area contributed by atoms with Crippen LogP contribution in [0, 0.1) is 5.82 Å². The van der Waals surface area contributed by atoms with Crippen LogP contribution < -0.4 is 0 Å². The molecular formula is C17H22FNO3S. The normalized spacial score (nSPS) is 20.6. The summed E-state index contributed by atoms with van der Waals surface area (Å²) in [6, 6.07) is 4.98. The number of carbonyl (C=O) groups excluding carboxylic acids is 2. The minimum Gasteiger partial charge on any atom is -0.467 e. The summed E-state index contributed by atoms with van der Waals surface area (Å²) in [7, 11) is 1.32. The van der Waals surface area contributed by atoms with Gasteiger partial charge in [-0.05, 0) is 24.6 Å². The molecule has 1 amide bonds. The summed E-state index contributed by atoms with van der Waals surface area (Å²) in [6.45, 7) is 2.12. The summed E-state index contributed by atoms with van der Waals surface area (Å²) in [6.07, 6.45) is 4.00. The molecule has 4 nitrogen and oxygen atoms in total. The van der Waals surface area contributed by atoms with Crippen LogP contribution >= 0.6 is 11.8 Å². The van der Waals surface area contributed by atoms with E-state index in [0.29, 0.717) is 5.75 Å². The molecule has 2 unspecified atom stereocenters. The van der Waals surface area contributed by atoms with Crippen molar-refractivity contribution in [3.8, 4) is 0 Å². The van der Waals surface area contributed by atoms with Crippen molar-refractivity contribution in [2.75, 3.05) is 12.9 Å². The number of thioether (sulfide) groups is 1. The lowest BCUT2D eigenvalue weighted by Crippen LogP contribution is -2.46. The first kappa shape index (κ1) is 17.8. The van der Waals surface area contributed by atoms with Gasteiger partial charge in [-0.25, -0.2) is 9.18 Å². The second-order valence-corrected chi connectivity index (χ2v) is 6.76. The maximum Gasteiger partial charge on any atom is 0.329 e. The summed E-state index contributed by atoms with van der Waals surface area (Å²) < 4.78 is 18.2. The summed E-state index contributed by atoms with van der Waals surface area (Å²) >= 11 is 1.59. The first-order valence-corrected chi connectivity index (χ1v) is 8.91. The van der Waals surface area contributed by atoms with Gasteiger partial charge in [0.05, 0.1) is 12.5 Å². The molecule has 0 bridgehead atoms. The van der Waals surface area contributed by atoms with Gasteiger partial charge >= 0.3 is 5.97 Å². The Kier molecular flexibility index (Phi) is 6.45. The average Bonchev–Trinajstić information content (AvgIpc) is 2.97. The zero-order valence-corrected chi connectivity index (χ0v) is 14.3. The maximum atomic E-state index is 13.4. The number of esters is 1. The van der Waals surface area contributed by atoms with Crippen LogP contribution in [0.5, 0.6) is 0 Å². The minimum atomic E-state index is -0.604. The van der Waals surface area contributed by atoms with E-state index in [0.717, 1.165) is 25.7 Å². The summed E-state index contributed by atoms with van der Waals surface area (Å²) in [5.74, 6) is -0.670. The molecule has 2 atom stereocenters. The molecule has 2 rings (SSSR count). The second-order valence-electron chi connectivity index (χ2n) is 5.55. The van der Waals surface area contributed by atoms with Crippen molar-refractivity contribution < 1.29 is 18.7 Å². The van der Waals surface area contributed by atoms with Crippen LogP contribution in [-0.2, 0) is 9.53 Å². The van der Waals surface area contributed by atoms with E-state index in [4.69, 9.17) is 4.74 Å². The lowest BCUT2D eigenvalue weighted by molar-refractivity contribution is -0.145. The zero-order valence-electron chi connectivity index (χ0n) is 13.5. The molecular weight excluding hydrogens is 317 g/mol. The van der Waals surface area contributed by atoms with Gasteiger partial charge in [0.25, 0.3) is 5.91 Å². The van der Waals surface area contributed by atoms with Crippen LogP contribution in [0.2, 0.25) is 0 Å². The molecule has 0 saturated carbocycles. The molecule has 1 aromatic rings. The molecule has 1 saturated heterocycles. The SMILES string of the molecule is CCCCCC1SCC(C(=O)OC)N1C(=O)c1cccc(F)c1. The van der Waals surface area contributed by atoms with Gasteiger partial charge in [0.2, 0.25) is 0 Å². The summed E-state index contributed by atoms with van der Waals surface area (Å²) in [5, 5.41) is -0.0681. The number of ether oxygens (including phenoxy) is 1. The van der Waals surface area contributed by atoms with E-state index in [1.54, 1.807) is 22.7 Å². The number of hydrogen-bond acceptors (Lipinski definition) is 4. The third-order valence-corrected chi connectivity index (χ3v) is 5.28. The first-order chi connectivity index (χ1) is 11.1. The van der Waals surface area contributed by atoms with Crippen molar-refractivity contribution in [2.24, 2.45) is 0 Å². The Hall–Kier alpha value is -1.56. The highest BCUT2D eigenvalue weighted by atomic mass is 32.2. The van der Waals surface area contributed by atoms with E-state index >= 15 is 0 Å². The van der Waals surface area contributed by atoms with E-state index in [9.17, 15) is 14.0 Å². The lowest BCUT2D eigenvalue weighted by Gasteiger charge is -2.28. The first-order valence-electron chi connectivity index (χ1n) is 7.86. The molecule has 1 fully saturated rings. The highest BCUT2D eigenvalue weighted by Crippen LogP contribution is 2.34. The summed E-state index contributed by atoms with van der Waals surface area (Å²) in [5.41, 5.74) is 0.266. The number of amides is 1. The van der Waals surface area contributed by atoms with Gasteiger partial charge in [-0.3, -0.25) is 4.79 Å². The van der Waals surface area contributed by atoms with Gasteiger partial charge in [0, 0.05) is 11.3 Å². The predicted octanol–water partition coefficient (Wildman–Crippen LogP) is 3.46. The van der Waals surface area contributed by atoms with Crippen molar-refractivity contribution in [1.29, 1.82) is 0 Å². The molecule has 1 aliphatic heterocycles. The van der Waals surface area contributed by atoms with Crippen molar-refractivity contribution in [1.82, 2.24) is 4.90 Å². The van der Waals surface area contributed by atoms with Crippen molar-refractivity contribution >= 4 is 23.6 Å². The molecule has 0 N–H and O–H groups in total. The molecule has 6 heteroatoms. The molecule has 1 aromatic carbocycles. The number of methoxy groups -OCH3 is 1. The molecule has 23 heavy (non-hydrogen) atoms. The Balaban J connectivity index is 2.21. The summed E-state index contributed by atoms with van der Waals surface area (Å²) in [4.78, 5) is 26.4. The van der Waals surface area contributed by atoms with Crippen LogP contribution in [-0.4, -0.2) is 41.1 Å². The van der Waals surface area contributed by atoms with Crippen LogP contribution in [0.15, 0.2) is 24.3 Å². The molecule has 0 aliphatic carbocycles. The van der Waals surface area contributed by atoms with Crippen LogP contribution in [0.25, 0.3) is 0 Å². The van der Waals surface area contributed by atoms with Crippen LogP contribution in [0.4, 0.5) is 4.39 Å². The number of hydrogen-bond donors (Lipinski definition) is 0. The zero-order chi connectivity index (χ0) is 16.8. The maximum absolute atomic E-state index is 13.4. The Bertz CT molecular complexity index is 567. The van der Waals surface area contributed by atoms with Gasteiger partial charge in [-0.1, -0.05) is 32.3 Å². The number of benzene rings is 1. The Morgan fingerprint density at radius 2 is 2.17 bits per heavy atom. The lowest BCUT2D eigenvalue weighted by atomic mass is 10.1. The van der Waals surface area contributed by atoms with Crippen molar-refractivity contribution in [3.63, 3.8) is 0 Å². The van der Waals surface area contributed by atoms with Gasteiger partial charge < -0.3 is 9.64 Å². The van der Waals surface area contributed by atoms with Gasteiger partial charge in [0.1, 0.15) is 11.9 Å². The Morgan fingerprint density at radius 3 is 2.83 bits per heavy atom. The molecule has 126 valence electrons. The van der Waals surface area contributed by atoms with Gasteiger partial charge in [0.15, 0.2) is 0 Å². The molecule has 0 spiro atoms. The number of nitrogens with zero attached hydrogens (tertiary/aromatic N) is 1. The van der Waals surface area contributed by atoms with E-state index < -0.39 is 17.8 Å². The molecule has 1 aliphatic rings. The topological polar surface area (TPSA) is 46.6 Å². The highest BCUT2D eigenvalue weighted by Gasteiger charge is 2.42. The standard InChI is InChI=1S/C17H22FNO3S/c1-3-4-5-9-15-19(14(11-23-15)17(21)22-2)16(20)12-7-6-8-13(18)10-12/h6-8,10,14-15H,3-5,9,11H2,1-2H3. The number of carbonyl (C=O) groups is 2. The molecule has 0 radical (unpaired) electrons. The third-order valence-electron chi connectivity index (χ3n) is 3.93. The van der Waals surface area contributed by atoms with Crippen molar-refractivity contribution in [3.05, 3.63) is 35.6 Å².